The normalized spacial score (nSPS) is 11.6. The van der Waals surface area contributed by atoms with Gasteiger partial charge < -0.3 is 9.64 Å². The van der Waals surface area contributed by atoms with Crippen LogP contribution in [0, 0.1) is 6.92 Å². The van der Waals surface area contributed by atoms with Crippen LogP contribution < -0.4 is 0 Å². The second-order valence-electron chi connectivity index (χ2n) is 4.97. The van der Waals surface area contributed by atoms with E-state index in [9.17, 15) is 9.59 Å². The third-order valence-electron chi connectivity index (χ3n) is 2.98. The van der Waals surface area contributed by atoms with Gasteiger partial charge in [-0.3, -0.25) is 9.78 Å². The minimum Gasteiger partial charge on any atom is -0.443 e. The molecule has 0 fully saturated rings. The molecule has 6 nitrogen and oxygen atoms in total. The third kappa shape index (κ3) is 3.66. The topological polar surface area (TPSA) is 72.4 Å². The van der Waals surface area contributed by atoms with Crippen molar-refractivity contribution in [3.63, 3.8) is 0 Å². The fourth-order valence-corrected chi connectivity index (χ4v) is 1.79. The molecular weight excluding hydrogens is 282 g/mol. The Morgan fingerprint density at radius 3 is 2.32 bits per heavy atom. The number of amides is 1. The van der Waals surface area contributed by atoms with E-state index in [-0.39, 0.29) is 11.6 Å². The van der Waals surface area contributed by atoms with Gasteiger partial charge in [0.2, 0.25) is 6.10 Å². The summed E-state index contributed by atoms with van der Waals surface area (Å²) >= 11 is 0. The Kier molecular flexibility index (Phi) is 4.83. The van der Waals surface area contributed by atoms with Crippen molar-refractivity contribution in [2.45, 2.75) is 13.0 Å². The molecule has 0 saturated carbocycles. The van der Waals surface area contributed by atoms with E-state index < -0.39 is 12.1 Å². The van der Waals surface area contributed by atoms with Crippen LogP contribution in [0.25, 0.3) is 0 Å². The van der Waals surface area contributed by atoms with Gasteiger partial charge in [0.15, 0.2) is 5.69 Å². The zero-order chi connectivity index (χ0) is 16.1. The minimum absolute atomic E-state index is 0.0677. The molecule has 1 amide bonds. The molecule has 0 saturated heterocycles. The van der Waals surface area contributed by atoms with Crippen LogP contribution in [0.3, 0.4) is 0 Å². The van der Waals surface area contributed by atoms with Gasteiger partial charge in [-0.2, -0.15) is 0 Å². The van der Waals surface area contributed by atoms with Gasteiger partial charge in [0, 0.05) is 25.9 Å². The molecule has 2 rings (SSSR count). The molecule has 22 heavy (non-hydrogen) atoms. The lowest BCUT2D eigenvalue weighted by Crippen LogP contribution is -2.31. The molecule has 1 unspecified atom stereocenters. The molecule has 1 atom stereocenters. The zero-order valence-electron chi connectivity index (χ0n) is 12.7. The summed E-state index contributed by atoms with van der Waals surface area (Å²) in [4.78, 5) is 33.8. The molecule has 6 heteroatoms. The fourth-order valence-electron chi connectivity index (χ4n) is 1.79. The summed E-state index contributed by atoms with van der Waals surface area (Å²) in [5.74, 6) is -1.00. The number of nitrogens with zero attached hydrogens (tertiary/aromatic N) is 3. The number of hydrogen-bond donors (Lipinski definition) is 0. The SMILES string of the molecule is Cc1cnc(C(=O)OC(C(=O)N(C)C)c2ccccc2)cn1. The summed E-state index contributed by atoms with van der Waals surface area (Å²) in [6.45, 7) is 1.77. The highest BCUT2D eigenvalue weighted by molar-refractivity contribution is 5.90. The molecule has 0 aliphatic rings. The predicted molar refractivity (Wildman–Crippen MR) is 80.1 cm³/mol. The summed E-state index contributed by atoms with van der Waals surface area (Å²) in [6, 6.07) is 8.86. The van der Waals surface area contributed by atoms with Crippen molar-refractivity contribution in [1.82, 2.24) is 14.9 Å². The van der Waals surface area contributed by atoms with Gasteiger partial charge in [0.05, 0.1) is 11.9 Å². The van der Waals surface area contributed by atoms with E-state index in [4.69, 9.17) is 4.74 Å². The molecule has 1 aromatic carbocycles. The molecule has 0 bridgehead atoms. The molecule has 2 aromatic rings. The molecule has 0 aliphatic heterocycles. The first-order chi connectivity index (χ1) is 10.5. The Bertz CT molecular complexity index is 654. The first kappa shape index (κ1) is 15.6. The number of hydrogen-bond acceptors (Lipinski definition) is 5. The van der Waals surface area contributed by atoms with E-state index in [1.54, 1.807) is 45.3 Å². The largest absolute Gasteiger partial charge is 0.443 e. The van der Waals surface area contributed by atoms with Crippen LogP contribution in [0.1, 0.15) is 27.8 Å². The number of likely N-dealkylation sites (N-methyl/N-ethyl adjacent to an activating group) is 1. The van der Waals surface area contributed by atoms with E-state index in [0.717, 1.165) is 0 Å². The van der Waals surface area contributed by atoms with Crippen LogP contribution in [-0.2, 0) is 9.53 Å². The highest BCUT2D eigenvalue weighted by Gasteiger charge is 2.27. The molecule has 0 N–H and O–H groups in total. The predicted octanol–water partition coefficient (Wildman–Crippen LogP) is 1.77. The minimum atomic E-state index is -1.01. The summed E-state index contributed by atoms with van der Waals surface area (Å²) < 4.78 is 5.35. The van der Waals surface area contributed by atoms with E-state index in [0.29, 0.717) is 11.3 Å². The lowest BCUT2D eigenvalue weighted by Gasteiger charge is -2.21. The first-order valence-corrected chi connectivity index (χ1v) is 6.75. The Hall–Kier alpha value is -2.76. The van der Waals surface area contributed by atoms with Gasteiger partial charge in [0.25, 0.3) is 5.91 Å². The van der Waals surface area contributed by atoms with Gasteiger partial charge in [0.1, 0.15) is 0 Å². The van der Waals surface area contributed by atoms with E-state index in [2.05, 4.69) is 9.97 Å². The number of carbonyl (C=O) groups excluding carboxylic acids is 2. The van der Waals surface area contributed by atoms with Crippen LogP contribution in [0.5, 0.6) is 0 Å². The second kappa shape index (κ2) is 6.80. The summed E-state index contributed by atoms with van der Waals surface area (Å²) in [5, 5.41) is 0. The van der Waals surface area contributed by atoms with Crippen LogP contribution in [0.4, 0.5) is 0 Å². The van der Waals surface area contributed by atoms with Crippen molar-refractivity contribution < 1.29 is 14.3 Å². The molecule has 0 spiro atoms. The average Bonchev–Trinajstić information content (AvgIpc) is 2.53. The van der Waals surface area contributed by atoms with Crippen LogP contribution in [0.15, 0.2) is 42.7 Å². The van der Waals surface area contributed by atoms with Crippen molar-refractivity contribution in [2.75, 3.05) is 14.1 Å². The standard InChI is InChI=1S/C16H17N3O3/c1-11-9-18-13(10-17-11)16(21)22-14(15(20)19(2)3)12-7-5-4-6-8-12/h4-10,14H,1-3H3. The second-order valence-corrected chi connectivity index (χ2v) is 4.97. The summed E-state index contributed by atoms with van der Waals surface area (Å²) in [5.41, 5.74) is 1.37. The van der Waals surface area contributed by atoms with Crippen LogP contribution >= 0.6 is 0 Å². The fraction of sp³-hybridized carbons (Fsp3) is 0.250. The maximum absolute atomic E-state index is 12.3. The Balaban J connectivity index is 2.25. The highest BCUT2D eigenvalue weighted by atomic mass is 16.5. The lowest BCUT2D eigenvalue weighted by atomic mass is 10.1. The smallest absolute Gasteiger partial charge is 0.359 e. The Morgan fingerprint density at radius 2 is 1.77 bits per heavy atom. The number of rotatable bonds is 4. The zero-order valence-corrected chi connectivity index (χ0v) is 12.7. The van der Waals surface area contributed by atoms with Gasteiger partial charge in [-0.25, -0.2) is 9.78 Å². The van der Waals surface area contributed by atoms with Crippen molar-refractivity contribution in [3.05, 3.63) is 59.7 Å². The number of carbonyl (C=O) groups is 2. The lowest BCUT2D eigenvalue weighted by molar-refractivity contribution is -0.138. The average molecular weight is 299 g/mol. The molecule has 1 heterocycles. The summed E-state index contributed by atoms with van der Waals surface area (Å²) in [6.07, 6.45) is 1.80. The van der Waals surface area contributed by atoms with Crippen molar-refractivity contribution >= 4 is 11.9 Å². The number of aromatic nitrogens is 2. The maximum Gasteiger partial charge on any atom is 0.359 e. The first-order valence-electron chi connectivity index (χ1n) is 6.75. The number of ether oxygens (including phenoxy) is 1. The Morgan fingerprint density at radius 1 is 1.09 bits per heavy atom. The van der Waals surface area contributed by atoms with Crippen LogP contribution in [-0.4, -0.2) is 40.8 Å². The quantitative estimate of drug-likeness (QED) is 0.805. The molecule has 114 valence electrons. The van der Waals surface area contributed by atoms with Crippen molar-refractivity contribution in [1.29, 1.82) is 0 Å². The van der Waals surface area contributed by atoms with E-state index in [1.807, 2.05) is 6.07 Å². The van der Waals surface area contributed by atoms with Gasteiger partial charge in [-0.05, 0) is 6.92 Å². The number of benzene rings is 1. The van der Waals surface area contributed by atoms with Crippen molar-refractivity contribution in [2.24, 2.45) is 0 Å². The van der Waals surface area contributed by atoms with E-state index in [1.165, 1.54) is 17.3 Å². The molecule has 0 radical (unpaired) electrons. The monoisotopic (exact) mass is 299 g/mol. The number of aryl methyl sites for hydroxylation is 1. The molecule has 0 aliphatic carbocycles. The number of esters is 1. The maximum atomic E-state index is 12.3. The van der Waals surface area contributed by atoms with Crippen molar-refractivity contribution in [3.8, 4) is 0 Å². The van der Waals surface area contributed by atoms with E-state index >= 15 is 0 Å². The van der Waals surface area contributed by atoms with Crippen LogP contribution in [0.2, 0.25) is 0 Å². The van der Waals surface area contributed by atoms with Gasteiger partial charge >= 0.3 is 5.97 Å². The third-order valence-corrected chi connectivity index (χ3v) is 2.98. The van der Waals surface area contributed by atoms with Gasteiger partial charge in [-0.15, -0.1) is 0 Å². The summed E-state index contributed by atoms with van der Waals surface area (Å²) in [7, 11) is 3.22. The Labute approximate surface area is 128 Å². The molecular formula is C16H17N3O3. The molecule has 1 aromatic heterocycles. The van der Waals surface area contributed by atoms with Gasteiger partial charge in [-0.1, -0.05) is 30.3 Å². The highest BCUT2D eigenvalue weighted by Crippen LogP contribution is 2.20.